The monoisotopic (exact) mass is 367 g/mol. The van der Waals surface area contributed by atoms with Gasteiger partial charge in [-0.2, -0.15) is 0 Å². The van der Waals surface area contributed by atoms with Crippen molar-refractivity contribution in [2.24, 2.45) is 5.92 Å². The summed E-state index contributed by atoms with van der Waals surface area (Å²) in [4.78, 5) is 22.8. The molecular formula is C20H25N5O2. The molecule has 0 aromatic carbocycles. The van der Waals surface area contributed by atoms with Gasteiger partial charge in [-0.25, -0.2) is 9.78 Å². The van der Waals surface area contributed by atoms with Crippen LogP contribution in [0.4, 0.5) is 16.3 Å². The minimum absolute atomic E-state index is 0.159. The van der Waals surface area contributed by atoms with Crippen molar-refractivity contribution in [1.82, 2.24) is 15.3 Å². The van der Waals surface area contributed by atoms with Gasteiger partial charge in [0.05, 0.1) is 18.5 Å². The molecule has 0 atom stereocenters. The Hall–Kier alpha value is -2.83. The van der Waals surface area contributed by atoms with Crippen molar-refractivity contribution >= 4 is 17.5 Å². The Morgan fingerprint density at radius 2 is 2.04 bits per heavy atom. The first-order chi connectivity index (χ1) is 13.3. The topological polar surface area (TPSA) is 79.4 Å². The van der Waals surface area contributed by atoms with E-state index < -0.39 is 0 Å². The molecule has 0 unspecified atom stereocenters. The largest absolute Gasteiger partial charge is 0.493 e. The molecule has 142 valence electrons. The fourth-order valence-electron chi connectivity index (χ4n) is 3.20. The lowest BCUT2D eigenvalue weighted by Crippen LogP contribution is -2.46. The molecule has 0 bridgehead atoms. The number of pyridine rings is 2. The average Bonchev–Trinajstić information content (AvgIpc) is 3.52. The Morgan fingerprint density at radius 1 is 1.19 bits per heavy atom. The number of nitrogens with one attached hydrogen (secondary N) is 2. The lowest BCUT2D eigenvalue weighted by molar-refractivity contribution is 0.246. The summed E-state index contributed by atoms with van der Waals surface area (Å²) in [5, 5.41) is 5.85. The molecule has 7 nitrogen and oxygen atoms in total. The first-order valence-electron chi connectivity index (χ1n) is 9.57. The van der Waals surface area contributed by atoms with E-state index in [1.807, 2.05) is 24.4 Å². The maximum absolute atomic E-state index is 12.1. The Morgan fingerprint density at radius 3 is 2.78 bits per heavy atom. The molecule has 1 saturated carbocycles. The number of amides is 2. The second-order valence-corrected chi connectivity index (χ2v) is 7.21. The van der Waals surface area contributed by atoms with E-state index in [0.717, 1.165) is 50.0 Å². The van der Waals surface area contributed by atoms with Crippen LogP contribution in [0.1, 0.15) is 25.7 Å². The number of ether oxygens (including phenoxy) is 1. The SMILES string of the molecule is O=C(Nc1cccnc1)NC1CCN(c2cc(OCC3CC3)ccn2)CC1. The van der Waals surface area contributed by atoms with Crippen molar-refractivity contribution in [3.63, 3.8) is 0 Å². The smallest absolute Gasteiger partial charge is 0.319 e. The molecule has 2 aromatic rings. The molecule has 0 radical (unpaired) electrons. The Kier molecular flexibility index (Phi) is 5.37. The van der Waals surface area contributed by atoms with Crippen molar-refractivity contribution in [2.45, 2.75) is 31.7 Å². The molecule has 3 heterocycles. The van der Waals surface area contributed by atoms with Gasteiger partial charge in [0.25, 0.3) is 0 Å². The van der Waals surface area contributed by atoms with Crippen molar-refractivity contribution in [3.8, 4) is 5.75 Å². The molecule has 7 heteroatoms. The quantitative estimate of drug-likeness (QED) is 0.820. The highest BCUT2D eigenvalue weighted by atomic mass is 16.5. The fraction of sp³-hybridized carbons (Fsp3) is 0.450. The van der Waals surface area contributed by atoms with E-state index in [4.69, 9.17) is 4.74 Å². The molecule has 2 aliphatic rings. The Balaban J connectivity index is 1.24. The van der Waals surface area contributed by atoms with Gasteiger partial charge in [0.15, 0.2) is 0 Å². The summed E-state index contributed by atoms with van der Waals surface area (Å²) in [7, 11) is 0. The lowest BCUT2D eigenvalue weighted by Gasteiger charge is -2.33. The summed E-state index contributed by atoms with van der Waals surface area (Å²) >= 11 is 0. The summed E-state index contributed by atoms with van der Waals surface area (Å²) in [5.74, 6) is 2.57. The summed E-state index contributed by atoms with van der Waals surface area (Å²) in [6.45, 7) is 2.52. The normalized spacial score (nSPS) is 17.4. The maximum Gasteiger partial charge on any atom is 0.319 e. The van der Waals surface area contributed by atoms with Gasteiger partial charge in [0.1, 0.15) is 11.6 Å². The second-order valence-electron chi connectivity index (χ2n) is 7.21. The predicted molar refractivity (Wildman–Crippen MR) is 104 cm³/mol. The van der Waals surface area contributed by atoms with E-state index >= 15 is 0 Å². The van der Waals surface area contributed by atoms with Crippen LogP contribution in [-0.4, -0.2) is 41.7 Å². The third-order valence-electron chi connectivity index (χ3n) is 4.97. The van der Waals surface area contributed by atoms with E-state index in [0.29, 0.717) is 5.69 Å². The fourth-order valence-corrected chi connectivity index (χ4v) is 3.20. The molecule has 1 aliphatic heterocycles. The number of piperidine rings is 1. The molecule has 0 spiro atoms. The van der Waals surface area contributed by atoms with Gasteiger partial charge in [-0.05, 0) is 49.8 Å². The van der Waals surface area contributed by atoms with Crippen LogP contribution >= 0.6 is 0 Å². The molecule has 2 N–H and O–H groups in total. The second kappa shape index (κ2) is 8.24. The van der Waals surface area contributed by atoms with Gasteiger partial charge in [-0.15, -0.1) is 0 Å². The molecule has 27 heavy (non-hydrogen) atoms. The highest BCUT2D eigenvalue weighted by molar-refractivity contribution is 5.89. The Bertz CT molecular complexity index is 758. The van der Waals surface area contributed by atoms with Crippen LogP contribution < -0.4 is 20.3 Å². The highest BCUT2D eigenvalue weighted by Gasteiger charge is 2.23. The minimum Gasteiger partial charge on any atom is -0.493 e. The number of aromatic nitrogens is 2. The maximum atomic E-state index is 12.1. The number of anilines is 2. The van der Waals surface area contributed by atoms with E-state index in [1.165, 1.54) is 12.8 Å². The van der Waals surface area contributed by atoms with Gasteiger partial charge >= 0.3 is 6.03 Å². The zero-order valence-corrected chi connectivity index (χ0v) is 15.3. The molecule has 1 aliphatic carbocycles. The number of rotatable bonds is 6. The molecule has 1 saturated heterocycles. The zero-order valence-electron chi connectivity index (χ0n) is 15.3. The third kappa shape index (κ3) is 5.09. The summed E-state index contributed by atoms with van der Waals surface area (Å²) in [6, 6.07) is 7.53. The van der Waals surface area contributed by atoms with Crippen LogP contribution in [0.15, 0.2) is 42.9 Å². The molecular weight excluding hydrogens is 342 g/mol. The minimum atomic E-state index is -0.185. The number of carbonyl (C=O) groups is 1. The van der Waals surface area contributed by atoms with Crippen LogP contribution in [0, 0.1) is 5.92 Å². The number of urea groups is 1. The van der Waals surface area contributed by atoms with Crippen LogP contribution in [-0.2, 0) is 0 Å². The third-order valence-corrected chi connectivity index (χ3v) is 4.97. The van der Waals surface area contributed by atoms with Gasteiger partial charge in [-0.1, -0.05) is 0 Å². The molecule has 2 aromatic heterocycles. The summed E-state index contributed by atoms with van der Waals surface area (Å²) in [6.07, 6.45) is 9.46. The van der Waals surface area contributed by atoms with E-state index in [-0.39, 0.29) is 12.1 Å². The van der Waals surface area contributed by atoms with Crippen molar-refractivity contribution in [3.05, 3.63) is 42.9 Å². The van der Waals surface area contributed by atoms with Crippen molar-refractivity contribution < 1.29 is 9.53 Å². The number of nitrogens with zero attached hydrogens (tertiary/aromatic N) is 3. The highest BCUT2D eigenvalue weighted by Crippen LogP contribution is 2.30. The van der Waals surface area contributed by atoms with Gasteiger partial charge in [0, 0.05) is 37.6 Å². The van der Waals surface area contributed by atoms with Gasteiger partial charge in [0.2, 0.25) is 0 Å². The number of carbonyl (C=O) groups excluding carboxylic acids is 1. The van der Waals surface area contributed by atoms with Crippen molar-refractivity contribution in [1.29, 1.82) is 0 Å². The van der Waals surface area contributed by atoms with Gasteiger partial charge < -0.3 is 20.3 Å². The van der Waals surface area contributed by atoms with E-state index in [2.05, 4.69) is 25.5 Å². The number of hydrogen-bond donors (Lipinski definition) is 2. The standard InChI is InChI=1S/C20H25N5O2/c26-20(24-17-2-1-8-21-13-17)23-16-6-10-25(11-7-16)19-12-18(5-9-22-19)27-14-15-3-4-15/h1-2,5,8-9,12-13,15-16H,3-4,6-7,10-11,14H2,(H2,23,24,26). The lowest BCUT2D eigenvalue weighted by atomic mass is 10.1. The number of hydrogen-bond acceptors (Lipinski definition) is 5. The summed E-state index contributed by atoms with van der Waals surface area (Å²) in [5.41, 5.74) is 0.694. The van der Waals surface area contributed by atoms with E-state index in [1.54, 1.807) is 18.5 Å². The molecule has 2 amide bonds. The van der Waals surface area contributed by atoms with Crippen LogP contribution in [0.5, 0.6) is 5.75 Å². The first-order valence-corrected chi connectivity index (χ1v) is 9.57. The summed E-state index contributed by atoms with van der Waals surface area (Å²) < 4.78 is 5.85. The molecule has 2 fully saturated rings. The first kappa shape index (κ1) is 17.6. The average molecular weight is 367 g/mol. The molecule has 4 rings (SSSR count). The Labute approximate surface area is 159 Å². The van der Waals surface area contributed by atoms with Crippen molar-refractivity contribution in [2.75, 3.05) is 29.9 Å². The van der Waals surface area contributed by atoms with Crippen LogP contribution in [0.25, 0.3) is 0 Å². The van der Waals surface area contributed by atoms with Gasteiger partial charge in [-0.3, -0.25) is 4.98 Å². The predicted octanol–water partition coefficient (Wildman–Crippen LogP) is 3.06. The van der Waals surface area contributed by atoms with Crippen LogP contribution in [0.2, 0.25) is 0 Å². The van der Waals surface area contributed by atoms with Crippen LogP contribution in [0.3, 0.4) is 0 Å². The zero-order chi connectivity index (χ0) is 18.5. The van der Waals surface area contributed by atoms with E-state index in [9.17, 15) is 4.79 Å².